The van der Waals surface area contributed by atoms with Gasteiger partial charge in [0.15, 0.2) is 0 Å². The number of halogens is 2. The highest BCUT2D eigenvalue weighted by atomic mass is 35.5. The molecule has 0 saturated heterocycles. The van der Waals surface area contributed by atoms with Crippen LogP contribution in [0.5, 0.6) is 0 Å². The number of anilines is 1. The fraction of sp³-hybridized carbons (Fsp3) is 0.333. The standard InChI is InChI=1S/C30H35Cl2N3O4S/c1-6-22(4)33-30(37)23(5)34(18-24-9-7-8-10-27(24)32)29(36)19-35(28-17-25(31)14-13-21(28)3)40(38,39)26-15-11-20(2)12-16-26/h7-17,22-23H,6,18-19H2,1-5H3,(H,33,37)/t22-,23-/m0/s1. The molecule has 214 valence electrons. The smallest absolute Gasteiger partial charge is 0.264 e. The molecule has 0 heterocycles. The quantitative estimate of drug-likeness (QED) is 0.285. The second-order valence-corrected chi connectivity index (χ2v) is 12.6. The number of amides is 2. The first kappa shape index (κ1) is 31.5. The normalized spacial score (nSPS) is 12.9. The van der Waals surface area contributed by atoms with Crippen molar-refractivity contribution in [2.24, 2.45) is 0 Å². The van der Waals surface area contributed by atoms with Crippen LogP contribution in [0.1, 0.15) is 43.9 Å². The summed E-state index contributed by atoms with van der Waals surface area (Å²) in [7, 11) is -4.19. The highest BCUT2D eigenvalue weighted by Gasteiger charge is 2.33. The Kier molecular flexibility index (Phi) is 10.6. The average Bonchev–Trinajstić information content (AvgIpc) is 2.92. The molecule has 0 fully saturated rings. The second kappa shape index (κ2) is 13.5. The van der Waals surface area contributed by atoms with Crippen molar-refractivity contribution in [3.63, 3.8) is 0 Å². The Hall–Kier alpha value is -3.07. The summed E-state index contributed by atoms with van der Waals surface area (Å²) in [6, 6.07) is 17.3. The van der Waals surface area contributed by atoms with Gasteiger partial charge in [-0.15, -0.1) is 0 Å². The third-order valence-corrected chi connectivity index (χ3v) is 9.17. The van der Waals surface area contributed by atoms with Gasteiger partial charge >= 0.3 is 0 Å². The number of benzene rings is 3. The van der Waals surface area contributed by atoms with Gasteiger partial charge in [0, 0.05) is 22.6 Å². The van der Waals surface area contributed by atoms with E-state index in [4.69, 9.17) is 23.2 Å². The summed E-state index contributed by atoms with van der Waals surface area (Å²) in [6.07, 6.45) is 0.716. The lowest BCUT2D eigenvalue weighted by Gasteiger charge is -2.33. The van der Waals surface area contributed by atoms with Crippen LogP contribution in [0, 0.1) is 13.8 Å². The maximum absolute atomic E-state index is 14.0. The summed E-state index contributed by atoms with van der Waals surface area (Å²) in [5.74, 6) is -0.914. The zero-order chi connectivity index (χ0) is 29.6. The summed E-state index contributed by atoms with van der Waals surface area (Å²) in [6.45, 7) is 8.51. The molecule has 40 heavy (non-hydrogen) atoms. The van der Waals surface area contributed by atoms with Crippen molar-refractivity contribution in [1.29, 1.82) is 0 Å². The summed E-state index contributed by atoms with van der Waals surface area (Å²) in [5.41, 5.74) is 2.42. The number of nitrogens with one attached hydrogen (secondary N) is 1. The van der Waals surface area contributed by atoms with E-state index < -0.39 is 28.5 Å². The minimum atomic E-state index is -4.19. The number of nitrogens with zero attached hydrogens (tertiary/aromatic N) is 2. The highest BCUT2D eigenvalue weighted by molar-refractivity contribution is 7.92. The molecule has 2 amide bonds. The molecule has 7 nitrogen and oxygen atoms in total. The molecule has 2 atom stereocenters. The van der Waals surface area contributed by atoms with Crippen molar-refractivity contribution >= 4 is 50.7 Å². The van der Waals surface area contributed by atoms with Gasteiger partial charge in [-0.25, -0.2) is 8.42 Å². The third kappa shape index (κ3) is 7.56. The first-order chi connectivity index (χ1) is 18.8. The number of aryl methyl sites for hydroxylation is 2. The van der Waals surface area contributed by atoms with Crippen LogP contribution in [0.2, 0.25) is 10.0 Å². The molecule has 0 aliphatic rings. The van der Waals surface area contributed by atoms with Crippen molar-refractivity contribution < 1.29 is 18.0 Å². The SMILES string of the molecule is CC[C@H](C)NC(=O)[C@H](C)N(Cc1ccccc1Cl)C(=O)CN(c1cc(Cl)ccc1C)S(=O)(=O)c1ccc(C)cc1. The number of sulfonamides is 1. The molecule has 0 unspecified atom stereocenters. The van der Waals surface area contributed by atoms with Crippen molar-refractivity contribution in [3.05, 3.63) is 93.5 Å². The van der Waals surface area contributed by atoms with E-state index in [1.807, 2.05) is 20.8 Å². The van der Waals surface area contributed by atoms with E-state index in [2.05, 4.69) is 5.32 Å². The first-order valence-electron chi connectivity index (χ1n) is 13.0. The van der Waals surface area contributed by atoms with Crippen LogP contribution in [-0.2, 0) is 26.2 Å². The van der Waals surface area contributed by atoms with E-state index in [1.165, 1.54) is 23.1 Å². The van der Waals surface area contributed by atoms with Crippen molar-refractivity contribution in [3.8, 4) is 0 Å². The minimum absolute atomic E-state index is 0.0144. The van der Waals surface area contributed by atoms with E-state index in [-0.39, 0.29) is 29.1 Å². The molecule has 1 N–H and O–H groups in total. The second-order valence-electron chi connectivity index (χ2n) is 9.86. The van der Waals surface area contributed by atoms with Crippen molar-refractivity contribution in [1.82, 2.24) is 10.2 Å². The van der Waals surface area contributed by atoms with Gasteiger partial charge in [-0.05, 0) is 75.6 Å². The topological polar surface area (TPSA) is 86.8 Å². The lowest BCUT2D eigenvalue weighted by atomic mass is 10.1. The van der Waals surface area contributed by atoms with E-state index in [1.54, 1.807) is 62.4 Å². The number of carbonyl (C=O) groups excluding carboxylic acids is 2. The fourth-order valence-corrected chi connectivity index (χ4v) is 5.89. The molecule has 0 aromatic heterocycles. The fourth-order valence-electron chi connectivity index (χ4n) is 4.06. The van der Waals surface area contributed by atoms with Gasteiger partial charge in [-0.1, -0.05) is 72.1 Å². The van der Waals surface area contributed by atoms with Gasteiger partial charge < -0.3 is 10.2 Å². The number of hydrogen-bond acceptors (Lipinski definition) is 4. The monoisotopic (exact) mass is 603 g/mol. The van der Waals surface area contributed by atoms with Gasteiger partial charge in [0.2, 0.25) is 11.8 Å². The van der Waals surface area contributed by atoms with Crippen LogP contribution in [0.4, 0.5) is 5.69 Å². The van der Waals surface area contributed by atoms with Crippen LogP contribution >= 0.6 is 23.2 Å². The predicted molar refractivity (Wildman–Crippen MR) is 161 cm³/mol. The maximum Gasteiger partial charge on any atom is 0.264 e. The zero-order valence-corrected chi connectivity index (χ0v) is 25.6. The summed E-state index contributed by atoms with van der Waals surface area (Å²) in [4.78, 5) is 28.6. The summed E-state index contributed by atoms with van der Waals surface area (Å²) >= 11 is 12.7. The third-order valence-electron chi connectivity index (χ3n) is 6.79. The molecule has 0 bridgehead atoms. The van der Waals surface area contributed by atoms with Crippen LogP contribution < -0.4 is 9.62 Å². The van der Waals surface area contributed by atoms with Crippen LogP contribution in [0.25, 0.3) is 0 Å². The molecule has 10 heteroatoms. The Balaban J connectivity index is 2.08. The van der Waals surface area contributed by atoms with Crippen LogP contribution in [0.15, 0.2) is 71.6 Å². The zero-order valence-electron chi connectivity index (χ0n) is 23.3. The Morgan fingerprint density at radius 1 is 0.950 bits per heavy atom. The minimum Gasteiger partial charge on any atom is -0.352 e. The average molecular weight is 605 g/mol. The molecule has 0 radical (unpaired) electrons. The molecule has 0 spiro atoms. The van der Waals surface area contributed by atoms with Gasteiger partial charge in [0.05, 0.1) is 10.6 Å². The van der Waals surface area contributed by atoms with E-state index in [0.29, 0.717) is 27.6 Å². The number of rotatable bonds is 11. The first-order valence-corrected chi connectivity index (χ1v) is 15.2. The maximum atomic E-state index is 14.0. The number of carbonyl (C=O) groups is 2. The highest BCUT2D eigenvalue weighted by Crippen LogP contribution is 2.30. The van der Waals surface area contributed by atoms with E-state index in [9.17, 15) is 18.0 Å². The molecule has 3 rings (SSSR count). The van der Waals surface area contributed by atoms with E-state index >= 15 is 0 Å². The summed E-state index contributed by atoms with van der Waals surface area (Å²) < 4.78 is 29.0. The lowest BCUT2D eigenvalue weighted by molar-refractivity contribution is -0.139. The van der Waals surface area contributed by atoms with Crippen LogP contribution in [-0.4, -0.2) is 43.8 Å². The molecule has 0 aliphatic carbocycles. The Labute approximate surface area is 247 Å². The Morgan fingerprint density at radius 3 is 2.23 bits per heavy atom. The van der Waals surface area contributed by atoms with E-state index in [0.717, 1.165) is 9.87 Å². The molecular weight excluding hydrogens is 569 g/mol. The van der Waals surface area contributed by atoms with Gasteiger partial charge in [0.25, 0.3) is 10.0 Å². The predicted octanol–water partition coefficient (Wildman–Crippen LogP) is 6.14. The Bertz CT molecular complexity index is 1460. The number of hydrogen-bond donors (Lipinski definition) is 1. The molecule has 3 aromatic rings. The van der Waals surface area contributed by atoms with Crippen molar-refractivity contribution in [2.75, 3.05) is 10.8 Å². The molecular formula is C30H35Cl2N3O4S. The summed E-state index contributed by atoms with van der Waals surface area (Å²) in [5, 5.41) is 3.67. The van der Waals surface area contributed by atoms with Crippen molar-refractivity contribution in [2.45, 2.75) is 64.6 Å². The molecule has 0 saturated carbocycles. The Morgan fingerprint density at radius 2 is 1.60 bits per heavy atom. The lowest BCUT2D eigenvalue weighted by Crippen LogP contribution is -2.52. The van der Waals surface area contributed by atoms with Crippen LogP contribution in [0.3, 0.4) is 0 Å². The molecule has 3 aromatic carbocycles. The van der Waals surface area contributed by atoms with Gasteiger partial charge in [-0.2, -0.15) is 0 Å². The van der Waals surface area contributed by atoms with Gasteiger partial charge in [-0.3, -0.25) is 13.9 Å². The molecule has 0 aliphatic heterocycles. The largest absolute Gasteiger partial charge is 0.352 e. The van der Waals surface area contributed by atoms with Gasteiger partial charge in [0.1, 0.15) is 12.6 Å².